The van der Waals surface area contributed by atoms with Crippen molar-refractivity contribution < 1.29 is 8.42 Å². The van der Waals surface area contributed by atoms with E-state index in [1.54, 1.807) is 12.1 Å². The van der Waals surface area contributed by atoms with Gasteiger partial charge in [0.15, 0.2) is 15.8 Å². The molecule has 0 spiro atoms. The molecule has 0 radical (unpaired) electrons. The van der Waals surface area contributed by atoms with Crippen molar-refractivity contribution in [2.45, 2.75) is 31.2 Å². The van der Waals surface area contributed by atoms with Crippen molar-refractivity contribution in [1.29, 1.82) is 0 Å². The summed E-state index contributed by atoms with van der Waals surface area (Å²) in [5, 5.41) is 3.31. The molecule has 1 aromatic carbocycles. The first-order valence-corrected chi connectivity index (χ1v) is 9.22. The van der Waals surface area contributed by atoms with E-state index < -0.39 is 9.84 Å². The third-order valence-electron chi connectivity index (χ3n) is 3.50. The standard InChI is InChI=1S/C15H23N3O2S.HI/c1-3-16-15(18-10-4-5-11-18)17-12-13-6-8-14(9-7-13)21(2,19)20;/h6-9H,3-5,10-12H2,1-2H3,(H,16,17);1H. The Morgan fingerprint density at radius 2 is 1.82 bits per heavy atom. The van der Waals surface area contributed by atoms with Crippen LogP contribution in [0.2, 0.25) is 0 Å². The fourth-order valence-corrected chi connectivity index (χ4v) is 2.99. The number of likely N-dealkylation sites (tertiary alicyclic amines) is 1. The molecule has 2 rings (SSSR count). The van der Waals surface area contributed by atoms with Crippen LogP contribution in [0.1, 0.15) is 25.3 Å². The van der Waals surface area contributed by atoms with Crippen LogP contribution in [-0.4, -0.2) is 45.2 Å². The lowest BCUT2D eigenvalue weighted by atomic mass is 10.2. The largest absolute Gasteiger partial charge is 0.357 e. The zero-order valence-corrected chi connectivity index (χ0v) is 16.2. The Balaban J connectivity index is 0.00000242. The number of guanidine groups is 1. The molecular formula is C15H24IN3O2S. The average molecular weight is 437 g/mol. The maximum Gasteiger partial charge on any atom is 0.194 e. The summed E-state index contributed by atoms with van der Waals surface area (Å²) in [5.41, 5.74) is 1.01. The van der Waals surface area contributed by atoms with E-state index in [2.05, 4.69) is 22.1 Å². The number of aliphatic imine (C=N–C) groups is 1. The summed E-state index contributed by atoms with van der Waals surface area (Å²) in [6.07, 6.45) is 3.65. The first kappa shape index (κ1) is 19.2. The SMILES string of the molecule is CCNC(=NCc1ccc(S(C)(=O)=O)cc1)N1CCCC1.I. The van der Waals surface area contributed by atoms with Crippen molar-refractivity contribution in [3.8, 4) is 0 Å². The predicted molar refractivity (Wildman–Crippen MR) is 101 cm³/mol. The van der Waals surface area contributed by atoms with Gasteiger partial charge in [0.2, 0.25) is 0 Å². The van der Waals surface area contributed by atoms with Crippen molar-refractivity contribution >= 4 is 39.8 Å². The molecule has 22 heavy (non-hydrogen) atoms. The van der Waals surface area contributed by atoms with Crippen molar-refractivity contribution in [3.05, 3.63) is 29.8 Å². The molecule has 0 aliphatic carbocycles. The fourth-order valence-electron chi connectivity index (χ4n) is 2.36. The molecule has 124 valence electrons. The average Bonchev–Trinajstić information content (AvgIpc) is 2.97. The van der Waals surface area contributed by atoms with E-state index in [4.69, 9.17) is 0 Å². The Morgan fingerprint density at radius 3 is 2.32 bits per heavy atom. The van der Waals surface area contributed by atoms with E-state index in [1.165, 1.54) is 19.1 Å². The second-order valence-corrected chi connectivity index (χ2v) is 7.30. The Hall–Kier alpha value is -0.830. The zero-order chi connectivity index (χ0) is 15.3. The van der Waals surface area contributed by atoms with Crippen molar-refractivity contribution in [3.63, 3.8) is 0 Å². The van der Waals surface area contributed by atoms with Crippen LogP contribution in [0.5, 0.6) is 0 Å². The summed E-state index contributed by atoms with van der Waals surface area (Å²) in [4.78, 5) is 7.26. The van der Waals surface area contributed by atoms with Gasteiger partial charge < -0.3 is 10.2 Å². The summed E-state index contributed by atoms with van der Waals surface area (Å²) in [5.74, 6) is 0.946. The second-order valence-electron chi connectivity index (χ2n) is 5.28. The van der Waals surface area contributed by atoms with E-state index in [-0.39, 0.29) is 24.0 Å². The first-order chi connectivity index (χ1) is 10.0. The highest BCUT2D eigenvalue weighted by Crippen LogP contribution is 2.12. The Kier molecular flexibility index (Phi) is 7.61. The van der Waals surface area contributed by atoms with Gasteiger partial charge in [0.1, 0.15) is 0 Å². The van der Waals surface area contributed by atoms with Crippen LogP contribution in [0, 0.1) is 0 Å². The molecule has 1 heterocycles. The molecule has 0 saturated carbocycles. The highest BCUT2D eigenvalue weighted by Gasteiger charge is 2.15. The fraction of sp³-hybridized carbons (Fsp3) is 0.533. The van der Waals surface area contributed by atoms with Gasteiger partial charge in [-0.3, -0.25) is 0 Å². The molecule has 0 unspecified atom stereocenters. The minimum Gasteiger partial charge on any atom is -0.357 e. The minimum absolute atomic E-state index is 0. The van der Waals surface area contributed by atoms with Gasteiger partial charge >= 0.3 is 0 Å². The van der Waals surface area contributed by atoms with Crippen LogP contribution in [-0.2, 0) is 16.4 Å². The van der Waals surface area contributed by atoms with Crippen LogP contribution in [0.15, 0.2) is 34.2 Å². The highest BCUT2D eigenvalue weighted by molar-refractivity contribution is 14.0. The Bertz CT molecular complexity index is 594. The van der Waals surface area contributed by atoms with Crippen LogP contribution in [0.25, 0.3) is 0 Å². The van der Waals surface area contributed by atoms with Gasteiger partial charge in [-0.15, -0.1) is 24.0 Å². The number of hydrogen-bond donors (Lipinski definition) is 1. The molecule has 0 aromatic heterocycles. The summed E-state index contributed by atoms with van der Waals surface area (Å²) in [6, 6.07) is 6.94. The maximum atomic E-state index is 11.4. The lowest BCUT2D eigenvalue weighted by Gasteiger charge is -2.20. The van der Waals surface area contributed by atoms with Gasteiger partial charge in [-0.2, -0.15) is 0 Å². The molecule has 1 N–H and O–H groups in total. The summed E-state index contributed by atoms with van der Waals surface area (Å²) < 4.78 is 22.9. The van der Waals surface area contributed by atoms with E-state index in [9.17, 15) is 8.42 Å². The molecule has 7 heteroatoms. The van der Waals surface area contributed by atoms with Gasteiger partial charge in [-0.25, -0.2) is 13.4 Å². The lowest BCUT2D eigenvalue weighted by Crippen LogP contribution is -2.39. The Morgan fingerprint density at radius 1 is 1.23 bits per heavy atom. The van der Waals surface area contributed by atoms with E-state index in [0.29, 0.717) is 11.4 Å². The second kappa shape index (κ2) is 8.71. The minimum atomic E-state index is -3.13. The van der Waals surface area contributed by atoms with Gasteiger partial charge in [-0.05, 0) is 37.5 Å². The van der Waals surface area contributed by atoms with E-state index in [1.807, 2.05) is 12.1 Å². The maximum absolute atomic E-state index is 11.4. The predicted octanol–water partition coefficient (Wildman–Crippen LogP) is 2.27. The summed E-state index contributed by atoms with van der Waals surface area (Å²) in [6.45, 7) is 5.58. The highest BCUT2D eigenvalue weighted by atomic mass is 127. The third kappa shape index (κ3) is 5.42. The van der Waals surface area contributed by atoms with Crippen molar-refractivity contribution in [1.82, 2.24) is 10.2 Å². The number of rotatable bonds is 4. The molecule has 1 aliphatic rings. The van der Waals surface area contributed by atoms with E-state index >= 15 is 0 Å². The lowest BCUT2D eigenvalue weighted by molar-refractivity contribution is 0.493. The van der Waals surface area contributed by atoms with Gasteiger partial charge in [0.25, 0.3) is 0 Å². The van der Waals surface area contributed by atoms with Crippen molar-refractivity contribution in [2.75, 3.05) is 25.9 Å². The number of nitrogens with one attached hydrogen (secondary N) is 1. The number of hydrogen-bond acceptors (Lipinski definition) is 3. The molecule has 5 nitrogen and oxygen atoms in total. The van der Waals surface area contributed by atoms with Crippen molar-refractivity contribution in [2.24, 2.45) is 4.99 Å². The molecule has 1 fully saturated rings. The van der Waals surface area contributed by atoms with E-state index in [0.717, 1.165) is 31.2 Å². The summed E-state index contributed by atoms with van der Waals surface area (Å²) in [7, 11) is -3.13. The molecular weight excluding hydrogens is 413 g/mol. The van der Waals surface area contributed by atoms with Crippen LogP contribution in [0.3, 0.4) is 0 Å². The first-order valence-electron chi connectivity index (χ1n) is 7.33. The normalized spacial score (nSPS) is 15.5. The van der Waals surface area contributed by atoms with Gasteiger partial charge in [-0.1, -0.05) is 12.1 Å². The van der Waals surface area contributed by atoms with Gasteiger partial charge in [0, 0.05) is 25.9 Å². The van der Waals surface area contributed by atoms with Crippen LogP contribution in [0.4, 0.5) is 0 Å². The number of benzene rings is 1. The smallest absolute Gasteiger partial charge is 0.194 e. The van der Waals surface area contributed by atoms with Crippen LogP contribution >= 0.6 is 24.0 Å². The monoisotopic (exact) mass is 437 g/mol. The topological polar surface area (TPSA) is 61.8 Å². The summed E-state index contributed by atoms with van der Waals surface area (Å²) >= 11 is 0. The molecule has 0 bridgehead atoms. The molecule has 0 amide bonds. The molecule has 1 aromatic rings. The molecule has 1 aliphatic heterocycles. The molecule has 0 atom stereocenters. The van der Waals surface area contributed by atoms with Crippen LogP contribution < -0.4 is 5.32 Å². The Labute approximate surface area is 150 Å². The quantitative estimate of drug-likeness (QED) is 0.446. The number of sulfone groups is 1. The molecule has 1 saturated heterocycles. The van der Waals surface area contributed by atoms with Gasteiger partial charge in [0.05, 0.1) is 11.4 Å². The number of halogens is 1. The number of nitrogens with zero attached hydrogens (tertiary/aromatic N) is 2. The zero-order valence-electron chi connectivity index (χ0n) is 13.1. The third-order valence-corrected chi connectivity index (χ3v) is 4.63.